The van der Waals surface area contributed by atoms with E-state index in [2.05, 4.69) is 39.0 Å². The number of benzene rings is 1. The van der Waals surface area contributed by atoms with Crippen molar-refractivity contribution in [3.05, 3.63) is 29.8 Å². The van der Waals surface area contributed by atoms with E-state index in [0.29, 0.717) is 6.10 Å². The minimum atomic E-state index is 0.127. The van der Waals surface area contributed by atoms with Gasteiger partial charge in [-0.05, 0) is 17.0 Å². The summed E-state index contributed by atoms with van der Waals surface area (Å²) >= 11 is 0. The average Bonchev–Trinajstić information content (AvgIpc) is 2.30. The maximum Gasteiger partial charge on any atom is 0.123 e. The quantitative estimate of drug-likeness (QED) is 0.779. The van der Waals surface area contributed by atoms with Gasteiger partial charge in [0.15, 0.2) is 0 Å². The van der Waals surface area contributed by atoms with Crippen LogP contribution in [0.1, 0.15) is 39.2 Å². The zero-order valence-corrected chi connectivity index (χ0v) is 11.0. The van der Waals surface area contributed by atoms with E-state index >= 15 is 0 Å². The summed E-state index contributed by atoms with van der Waals surface area (Å²) in [5, 5.41) is 0. The van der Waals surface area contributed by atoms with Crippen molar-refractivity contribution >= 4 is 0 Å². The van der Waals surface area contributed by atoms with Crippen LogP contribution in [0, 0.1) is 0 Å². The number of hydrogen-bond acceptors (Lipinski definition) is 2. The Morgan fingerprint density at radius 2 is 1.76 bits per heavy atom. The Morgan fingerprint density at radius 1 is 1.12 bits per heavy atom. The fourth-order valence-corrected chi connectivity index (χ4v) is 2.16. The van der Waals surface area contributed by atoms with Gasteiger partial charge in [0, 0.05) is 12.8 Å². The summed E-state index contributed by atoms with van der Waals surface area (Å²) in [5.74, 6) is 1.03. The fourth-order valence-electron chi connectivity index (χ4n) is 2.16. The van der Waals surface area contributed by atoms with Crippen molar-refractivity contribution in [2.24, 2.45) is 0 Å². The van der Waals surface area contributed by atoms with Gasteiger partial charge in [-0.1, -0.05) is 39.0 Å². The maximum atomic E-state index is 6.13. The highest BCUT2D eigenvalue weighted by Crippen LogP contribution is 2.32. The van der Waals surface area contributed by atoms with Crippen LogP contribution in [0.3, 0.4) is 0 Å². The van der Waals surface area contributed by atoms with E-state index in [1.54, 1.807) is 0 Å². The van der Waals surface area contributed by atoms with Gasteiger partial charge in [-0.25, -0.2) is 0 Å². The largest absolute Gasteiger partial charge is 0.490 e. The Hall–Kier alpha value is -1.02. The van der Waals surface area contributed by atoms with E-state index in [1.807, 2.05) is 6.07 Å². The highest BCUT2D eigenvalue weighted by Gasteiger charge is 2.21. The summed E-state index contributed by atoms with van der Waals surface area (Å²) in [6.07, 6.45) is 2.31. The minimum absolute atomic E-state index is 0.127. The van der Waals surface area contributed by atoms with E-state index in [9.17, 15) is 0 Å². The van der Waals surface area contributed by atoms with E-state index in [-0.39, 0.29) is 5.41 Å². The van der Waals surface area contributed by atoms with Crippen LogP contribution in [0.2, 0.25) is 0 Å². The molecule has 1 fully saturated rings. The van der Waals surface area contributed by atoms with Gasteiger partial charge in [-0.3, -0.25) is 0 Å². The molecule has 2 rings (SSSR count). The van der Waals surface area contributed by atoms with Gasteiger partial charge in [-0.2, -0.15) is 0 Å². The maximum absolute atomic E-state index is 6.13. The van der Waals surface area contributed by atoms with Crippen molar-refractivity contribution in [2.45, 2.75) is 45.1 Å². The number of rotatable bonds is 2. The molecule has 17 heavy (non-hydrogen) atoms. The van der Waals surface area contributed by atoms with E-state index in [4.69, 9.17) is 9.47 Å². The van der Waals surface area contributed by atoms with Crippen LogP contribution in [0.25, 0.3) is 0 Å². The third-order valence-electron chi connectivity index (χ3n) is 3.16. The molecule has 1 aliphatic heterocycles. The second-order valence-corrected chi connectivity index (χ2v) is 5.68. The summed E-state index contributed by atoms with van der Waals surface area (Å²) in [4.78, 5) is 0. The molecule has 0 saturated carbocycles. The van der Waals surface area contributed by atoms with Gasteiger partial charge >= 0.3 is 0 Å². The summed E-state index contributed by atoms with van der Waals surface area (Å²) in [5.41, 5.74) is 1.41. The topological polar surface area (TPSA) is 18.5 Å². The van der Waals surface area contributed by atoms with Crippen molar-refractivity contribution in [3.8, 4) is 5.75 Å². The first-order valence-corrected chi connectivity index (χ1v) is 6.41. The molecule has 2 nitrogen and oxygen atoms in total. The minimum Gasteiger partial charge on any atom is -0.490 e. The molecule has 0 radical (unpaired) electrons. The van der Waals surface area contributed by atoms with Gasteiger partial charge in [-0.15, -0.1) is 0 Å². The Balaban J connectivity index is 2.14. The van der Waals surface area contributed by atoms with Gasteiger partial charge in [0.2, 0.25) is 0 Å². The van der Waals surface area contributed by atoms with Crippen LogP contribution in [0.5, 0.6) is 5.75 Å². The molecule has 0 spiro atoms. The van der Waals surface area contributed by atoms with Crippen LogP contribution in [-0.4, -0.2) is 19.3 Å². The first-order valence-electron chi connectivity index (χ1n) is 6.41. The first-order chi connectivity index (χ1) is 8.07. The lowest BCUT2D eigenvalue weighted by atomic mass is 9.86. The molecule has 1 aliphatic rings. The van der Waals surface area contributed by atoms with Crippen molar-refractivity contribution in [3.63, 3.8) is 0 Å². The molecule has 0 aliphatic carbocycles. The van der Waals surface area contributed by atoms with Crippen LogP contribution in [0.15, 0.2) is 24.3 Å². The molecule has 94 valence electrons. The van der Waals surface area contributed by atoms with Crippen LogP contribution >= 0.6 is 0 Å². The number of hydrogen-bond donors (Lipinski definition) is 0. The SMILES string of the molecule is CC(C)(C)c1ccccc1OC1CCOCC1. The van der Waals surface area contributed by atoms with Crippen molar-refractivity contribution in [1.82, 2.24) is 0 Å². The molecule has 1 saturated heterocycles. The highest BCUT2D eigenvalue weighted by molar-refractivity contribution is 5.38. The molecule has 0 atom stereocenters. The van der Waals surface area contributed by atoms with E-state index < -0.39 is 0 Å². The second-order valence-electron chi connectivity index (χ2n) is 5.68. The van der Waals surface area contributed by atoms with E-state index in [1.165, 1.54) is 5.56 Å². The number of para-hydroxylation sites is 1. The molecule has 0 amide bonds. The smallest absolute Gasteiger partial charge is 0.123 e. The predicted octanol–water partition coefficient (Wildman–Crippen LogP) is 3.54. The van der Waals surface area contributed by atoms with Gasteiger partial charge in [0.05, 0.1) is 13.2 Å². The molecular weight excluding hydrogens is 212 g/mol. The Kier molecular flexibility index (Phi) is 3.72. The molecule has 0 bridgehead atoms. The molecule has 1 aromatic carbocycles. The summed E-state index contributed by atoms with van der Waals surface area (Å²) in [7, 11) is 0. The molecule has 1 aromatic rings. The summed E-state index contributed by atoms with van der Waals surface area (Å²) < 4.78 is 11.5. The van der Waals surface area contributed by atoms with Gasteiger partial charge in [0.25, 0.3) is 0 Å². The third kappa shape index (κ3) is 3.22. The van der Waals surface area contributed by atoms with Crippen molar-refractivity contribution in [2.75, 3.05) is 13.2 Å². The average molecular weight is 234 g/mol. The predicted molar refractivity (Wildman–Crippen MR) is 69.6 cm³/mol. The van der Waals surface area contributed by atoms with Crippen molar-refractivity contribution in [1.29, 1.82) is 0 Å². The molecule has 2 heteroatoms. The molecular formula is C15H22O2. The molecule has 1 heterocycles. The normalized spacial score (nSPS) is 18.1. The molecule has 0 unspecified atom stereocenters. The Labute approximate surface area is 104 Å². The Bertz CT molecular complexity index is 359. The standard InChI is InChI=1S/C15H22O2/c1-15(2,3)13-6-4-5-7-14(13)17-12-8-10-16-11-9-12/h4-7,12H,8-11H2,1-3H3. The van der Waals surface area contributed by atoms with Crippen LogP contribution in [-0.2, 0) is 10.2 Å². The lowest BCUT2D eigenvalue weighted by molar-refractivity contribution is 0.0249. The van der Waals surface area contributed by atoms with Crippen LogP contribution in [0.4, 0.5) is 0 Å². The molecule has 0 N–H and O–H groups in total. The zero-order chi connectivity index (χ0) is 12.3. The van der Waals surface area contributed by atoms with Crippen molar-refractivity contribution < 1.29 is 9.47 Å². The summed E-state index contributed by atoms with van der Waals surface area (Å²) in [6.45, 7) is 8.31. The Morgan fingerprint density at radius 3 is 2.41 bits per heavy atom. The lowest BCUT2D eigenvalue weighted by Crippen LogP contribution is -2.27. The lowest BCUT2D eigenvalue weighted by Gasteiger charge is -2.28. The fraction of sp³-hybridized carbons (Fsp3) is 0.600. The highest BCUT2D eigenvalue weighted by atomic mass is 16.5. The van der Waals surface area contributed by atoms with Gasteiger partial charge in [0.1, 0.15) is 11.9 Å². The summed E-state index contributed by atoms with van der Waals surface area (Å²) in [6, 6.07) is 8.37. The monoisotopic (exact) mass is 234 g/mol. The third-order valence-corrected chi connectivity index (χ3v) is 3.16. The van der Waals surface area contributed by atoms with E-state index in [0.717, 1.165) is 31.8 Å². The zero-order valence-electron chi connectivity index (χ0n) is 11.0. The molecule has 0 aromatic heterocycles. The van der Waals surface area contributed by atoms with Gasteiger partial charge < -0.3 is 9.47 Å². The number of ether oxygens (including phenoxy) is 2. The second kappa shape index (κ2) is 5.09. The van der Waals surface area contributed by atoms with Crippen LogP contribution < -0.4 is 4.74 Å². The first kappa shape index (κ1) is 12.4.